The zero-order chi connectivity index (χ0) is 13.2. The van der Waals surface area contributed by atoms with Gasteiger partial charge in [0.2, 0.25) is 0 Å². The molecule has 3 nitrogen and oxygen atoms in total. The Balaban J connectivity index is 2.38. The Kier molecular flexibility index (Phi) is 3.79. The molecule has 0 saturated carbocycles. The first kappa shape index (κ1) is 13.2. The summed E-state index contributed by atoms with van der Waals surface area (Å²) < 4.78 is 42.8. The third kappa shape index (κ3) is 2.95. The van der Waals surface area contributed by atoms with Crippen molar-refractivity contribution in [3.05, 3.63) is 24.6 Å². The molecule has 18 heavy (non-hydrogen) atoms. The second-order valence-corrected chi connectivity index (χ2v) is 4.49. The van der Waals surface area contributed by atoms with Gasteiger partial charge in [-0.3, -0.25) is 0 Å². The highest BCUT2D eigenvalue weighted by molar-refractivity contribution is 9.09. The van der Waals surface area contributed by atoms with E-state index in [4.69, 9.17) is 4.42 Å². The van der Waals surface area contributed by atoms with Crippen LogP contribution in [0.2, 0.25) is 0 Å². The third-order valence-electron chi connectivity index (χ3n) is 2.38. The number of hydrogen-bond donors (Lipinski definition) is 0. The number of halogens is 4. The van der Waals surface area contributed by atoms with E-state index < -0.39 is 12.7 Å². The summed E-state index contributed by atoms with van der Waals surface area (Å²) in [5.74, 6) is 0.290. The molecular formula is C11H10BrF3N2O. The number of rotatable bonds is 4. The Labute approximate surface area is 110 Å². The Morgan fingerprint density at radius 1 is 1.33 bits per heavy atom. The Bertz CT molecular complexity index is 526. The van der Waals surface area contributed by atoms with Crippen LogP contribution in [0.1, 0.15) is 0 Å². The van der Waals surface area contributed by atoms with Gasteiger partial charge in [-0.05, 0) is 12.1 Å². The first-order valence-corrected chi connectivity index (χ1v) is 6.33. The molecular weight excluding hydrogens is 313 g/mol. The number of fused-ring (bicyclic) bond motifs is 1. The Morgan fingerprint density at radius 2 is 2.11 bits per heavy atom. The highest BCUT2D eigenvalue weighted by Gasteiger charge is 2.31. The predicted octanol–water partition coefficient (Wildman–Crippen LogP) is 3.59. The van der Waals surface area contributed by atoms with Crippen LogP contribution in [0, 0.1) is 0 Å². The number of aromatic nitrogens is 1. The summed E-state index contributed by atoms with van der Waals surface area (Å²) >= 11 is 3.15. The van der Waals surface area contributed by atoms with Crippen LogP contribution in [0.15, 0.2) is 29.0 Å². The first-order chi connectivity index (χ1) is 8.51. The van der Waals surface area contributed by atoms with Crippen LogP contribution < -0.4 is 4.90 Å². The van der Waals surface area contributed by atoms with E-state index in [0.29, 0.717) is 16.3 Å². The molecule has 0 saturated heterocycles. The molecule has 2 heterocycles. The number of pyridine rings is 1. The molecule has 7 heteroatoms. The van der Waals surface area contributed by atoms with Gasteiger partial charge in [0, 0.05) is 18.1 Å². The molecule has 0 unspecified atom stereocenters. The molecule has 2 rings (SSSR count). The molecule has 0 bridgehead atoms. The van der Waals surface area contributed by atoms with Gasteiger partial charge in [-0.1, -0.05) is 15.9 Å². The second-order valence-electron chi connectivity index (χ2n) is 3.69. The van der Waals surface area contributed by atoms with E-state index in [1.807, 2.05) is 0 Å². The largest absolute Gasteiger partial charge is 0.464 e. The van der Waals surface area contributed by atoms with E-state index >= 15 is 0 Å². The van der Waals surface area contributed by atoms with Crippen molar-refractivity contribution in [1.82, 2.24) is 4.98 Å². The molecule has 0 amide bonds. The highest BCUT2D eigenvalue weighted by Crippen LogP contribution is 2.28. The summed E-state index contributed by atoms with van der Waals surface area (Å²) in [7, 11) is 0. The van der Waals surface area contributed by atoms with Crippen molar-refractivity contribution in [1.29, 1.82) is 0 Å². The van der Waals surface area contributed by atoms with Crippen molar-refractivity contribution in [3.8, 4) is 0 Å². The molecule has 0 aliphatic rings. The topological polar surface area (TPSA) is 29.3 Å². The number of anilines is 1. The molecule has 0 aromatic carbocycles. The fourth-order valence-electron chi connectivity index (χ4n) is 1.71. The van der Waals surface area contributed by atoms with Gasteiger partial charge >= 0.3 is 6.18 Å². The maximum Gasteiger partial charge on any atom is 0.405 e. The summed E-state index contributed by atoms with van der Waals surface area (Å²) in [6.07, 6.45) is -1.38. The van der Waals surface area contributed by atoms with E-state index in [1.54, 1.807) is 12.1 Å². The van der Waals surface area contributed by atoms with Crippen molar-refractivity contribution >= 4 is 32.7 Å². The van der Waals surface area contributed by atoms with Crippen LogP contribution in [-0.2, 0) is 0 Å². The van der Waals surface area contributed by atoms with Crippen LogP contribution in [0.4, 0.5) is 19.0 Å². The molecule has 0 fully saturated rings. The van der Waals surface area contributed by atoms with E-state index in [-0.39, 0.29) is 12.4 Å². The summed E-state index contributed by atoms with van der Waals surface area (Å²) in [5.41, 5.74) is 0.529. The SMILES string of the molecule is FC(F)(F)CN(CCBr)c1nccc2occc12. The maximum atomic E-state index is 12.5. The Hall–Kier alpha value is -1.24. The molecule has 0 N–H and O–H groups in total. The minimum Gasteiger partial charge on any atom is -0.464 e. The molecule has 98 valence electrons. The lowest BCUT2D eigenvalue weighted by Gasteiger charge is -2.24. The summed E-state index contributed by atoms with van der Waals surface area (Å²) in [6.45, 7) is -0.813. The van der Waals surface area contributed by atoms with Crippen molar-refractivity contribution in [3.63, 3.8) is 0 Å². The molecule has 0 aliphatic heterocycles. The zero-order valence-electron chi connectivity index (χ0n) is 9.25. The number of furan rings is 1. The average molecular weight is 323 g/mol. The van der Waals surface area contributed by atoms with Gasteiger partial charge in [-0.15, -0.1) is 0 Å². The Morgan fingerprint density at radius 3 is 2.78 bits per heavy atom. The fraction of sp³-hybridized carbons (Fsp3) is 0.364. The normalized spacial score (nSPS) is 12.0. The van der Waals surface area contributed by atoms with Gasteiger partial charge in [0.1, 0.15) is 17.9 Å². The minimum absolute atomic E-state index is 0.219. The lowest BCUT2D eigenvalue weighted by atomic mass is 10.3. The van der Waals surface area contributed by atoms with Gasteiger partial charge in [0.05, 0.1) is 11.6 Å². The van der Waals surface area contributed by atoms with E-state index in [0.717, 1.165) is 0 Å². The highest BCUT2D eigenvalue weighted by atomic mass is 79.9. The van der Waals surface area contributed by atoms with Gasteiger partial charge < -0.3 is 9.32 Å². The maximum absolute atomic E-state index is 12.5. The van der Waals surface area contributed by atoms with Crippen LogP contribution >= 0.6 is 15.9 Å². The van der Waals surface area contributed by atoms with Crippen LogP contribution in [0.5, 0.6) is 0 Å². The van der Waals surface area contributed by atoms with Crippen LogP contribution in [0.25, 0.3) is 11.0 Å². The minimum atomic E-state index is -4.27. The molecule has 0 radical (unpaired) electrons. The molecule has 2 aromatic heterocycles. The van der Waals surface area contributed by atoms with Crippen LogP contribution in [0.3, 0.4) is 0 Å². The second kappa shape index (κ2) is 5.17. The summed E-state index contributed by atoms with van der Waals surface area (Å²) in [4.78, 5) is 5.21. The average Bonchev–Trinajstić information content (AvgIpc) is 2.74. The number of nitrogens with zero attached hydrogens (tertiary/aromatic N) is 2. The van der Waals surface area contributed by atoms with Gasteiger partial charge in [-0.25, -0.2) is 4.98 Å². The lowest BCUT2D eigenvalue weighted by Crippen LogP contribution is -2.36. The standard InChI is InChI=1S/C11H10BrF3N2O/c12-3-5-17(7-11(13,14)15)10-8-2-6-18-9(8)1-4-16-10/h1-2,4,6H,3,5,7H2. The lowest BCUT2D eigenvalue weighted by molar-refractivity contribution is -0.119. The molecule has 0 aliphatic carbocycles. The molecule has 0 atom stereocenters. The van der Waals surface area contributed by atoms with Gasteiger partial charge in [-0.2, -0.15) is 13.2 Å². The first-order valence-electron chi connectivity index (χ1n) is 5.21. The summed E-state index contributed by atoms with van der Waals surface area (Å²) in [6, 6.07) is 3.24. The smallest absolute Gasteiger partial charge is 0.405 e. The van der Waals surface area contributed by atoms with E-state index in [9.17, 15) is 13.2 Å². The van der Waals surface area contributed by atoms with Crippen molar-refractivity contribution in [2.24, 2.45) is 0 Å². The summed E-state index contributed by atoms with van der Waals surface area (Å²) in [5, 5.41) is 1.02. The van der Waals surface area contributed by atoms with Crippen molar-refractivity contribution < 1.29 is 17.6 Å². The zero-order valence-corrected chi connectivity index (χ0v) is 10.8. The van der Waals surface area contributed by atoms with Crippen molar-refractivity contribution in [2.45, 2.75) is 6.18 Å². The molecule has 0 spiro atoms. The molecule has 2 aromatic rings. The van der Waals surface area contributed by atoms with E-state index in [1.165, 1.54) is 17.4 Å². The van der Waals surface area contributed by atoms with Crippen molar-refractivity contribution in [2.75, 3.05) is 23.3 Å². The fourth-order valence-corrected chi connectivity index (χ4v) is 2.14. The van der Waals surface area contributed by atoms with Gasteiger partial charge in [0.25, 0.3) is 0 Å². The van der Waals surface area contributed by atoms with Gasteiger partial charge in [0.15, 0.2) is 0 Å². The monoisotopic (exact) mass is 322 g/mol. The number of hydrogen-bond acceptors (Lipinski definition) is 3. The predicted molar refractivity (Wildman–Crippen MR) is 66.1 cm³/mol. The third-order valence-corrected chi connectivity index (χ3v) is 2.74. The quantitative estimate of drug-likeness (QED) is 0.805. The van der Waals surface area contributed by atoms with E-state index in [2.05, 4.69) is 20.9 Å². The van der Waals surface area contributed by atoms with Crippen LogP contribution in [-0.4, -0.2) is 29.6 Å². The number of alkyl halides is 4.